The molecule has 5 heteroatoms. The smallest absolute Gasteiger partial charge is 0.341 e. The lowest BCUT2D eigenvalue weighted by Gasteiger charge is -2.20. The zero-order chi connectivity index (χ0) is 16.7. The first kappa shape index (κ1) is 17.2. The molecule has 1 aromatic carbocycles. The topological polar surface area (TPSA) is 68.7 Å². The van der Waals surface area contributed by atoms with E-state index in [2.05, 4.69) is 17.0 Å². The summed E-state index contributed by atoms with van der Waals surface area (Å²) in [5.74, 6) is 0.971. The first-order chi connectivity index (χ1) is 11.1. The first-order valence-electron chi connectivity index (χ1n) is 7.78. The van der Waals surface area contributed by atoms with Gasteiger partial charge in [0.2, 0.25) is 0 Å². The maximum Gasteiger partial charge on any atom is 0.341 e. The van der Waals surface area contributed by atoms with Crippen LogP contribution in [0.5, 0.6) is 0 Å². The van der Waals surface area contributed by atoms with Gasteiger partial charge in [-0.3, -0.25) is 4.90 Å². The second kappa shape index (κ2) is 8.50. The van der Waals surface area contributed by atoms with Crippen molar-refractivity contribution in [3.8, 4) is 0 Å². The van der Waals surface area contributed by atoms with Gasteiger partial charge in [-0.25, -0.2) is 4.79 Å². The highest BCUT2D eigenvalue weighted by Crippen LogP contribution is 2.17. The summed E-state index contributed by atoms with van der Waals surface area (Å²) in [6.07, 6.45) is 0.949. The van der Waals surface area contributed by atoms with Crippen molar-refractivity contribution in [2.24, 2.45) is 5.73 Å². The molecular formula is C18H24N2O3. The van der Waals surface area contributed by atoms with Gasteiger partial charge in [0.15, 0.2) is 0 Å². The number of rotatable bonds is 8. The van der Waals surface area contributed by atoms with Gasteiger partial charge in [-0.15, -0.1) is 0 Å². The number of benzene rings is 1. The van der Waals surface area contributed by atoms with Gasteiger partial charge in [-0.2, -0.15) is 0 Å². The molecule has 5 nitrogen and oxygen atoms in total. The molecule has 0 bridgehead atoms. The Bertz CT molecular complexity index is 622. The van der Waals surface area contributed by atoms with E-state index < -0.39 is 0 Å². The molecule has 2 N–H and O–H groups in total. The van der Waals surface area contributed by atoms with E-state index in [1.807, 2.05) is 18.2 Å². The minimum Gasteiger partial charge on any atom is -0.465 e. The third-order valence-corrected chi connectivity index (χ3v) is 3.76. The maximum absolute atomic E-state index is 11.7. The van der Waals surface area contributed by atoms with Crippen LogP contribution in [0.2, 0.25) is 0 Å². The van der Waals surface area contributed by atoms with E-state index in [1.165, 1.54) is 12.7 Å². The van der Waals surface area contributed by atoms with Gasteiger partial charge in [0.05, 0.1) is 13.7 Å². The van der Waals surface area contributed by atoms with Crippen molar-refractivity contribution in [2.75, 3.05) is 26.7 Å². The Morgan fingerprint density at radius 1 is 1.26 bits per heavy atom. The van der Waals surface area contributed by atoms with E-state index in [9.17, 15) is 4.79 Å². The monoisotopic (exact) mass is 316 g/mol. The van der Waals surface area contributed by atoms with Crippen molar-refractivity contribution in [1.82, 2.24) is 4.90 Å². The Balaban J connectivity index is 2.00. The Morgan fingerprint density at radius 3 is 2.65 bits per heavy atom. The molecule has 1 aromatic heterocycles. The summed E-state index contributed by atoms with van der Waals surface area (Å²) in [5, 5.41) is 0. The predicted molar refractivity (Wildman–Crippen MR) is 89.3 cm³/mol. The van der Waals surface area contributed by atoms with Gasteiger partial charge in [0.25, 0.3) is 0 Å². The van der Waals surface area contributed by atoms with Crippen molar-refractivity contribution in [2.45, 2.75) is 19.9 Å². The molecule has 0 spiro atoms. The summed E-state index contributed by atoms with van der Waals surface area (Å²) in [4.78, 5) is 13.9. The summed E-state index contributed by atoms with van der Waals surface area (Å²) in [7, 11) is 1.37. The van der Waals surface area contributed by atoms with Crippen LogP contribution >= 0.6 is 0 Å². The second-order valence-electron chi connectivity index (χ2n) is 5.47. The van der Waals surface area contributed by atoms with Crippen LogP contribution in [0.1, 0.15) is 27.4 Å². The summed E-state index contributed by atoms with van der Waals surface area (Å²) < 4.78 is 10.4. The highest BCUT2D eigenvalue weighted by Gasteiger charge is 2.17. The molecule has 0 radical (unpaired) electrons. The van der Waals surface area contributed by atoms with Crippen molar-refractivity contribution in [3.63, 3.8) is 0 Å². The predicted octanol–water partition coefficient (Wildman–Crippen LogP) is 2.38. The number of methoxy groups -OCH3 is 1. The highest BCUT2D eigenvalue weighted by atomic mass is 16.5. The Morgan fingerprint density at radius 2 is 2.00 bits per heavy atom. The summed E-state index contributed by atoms with van der Waals surface area (Å²) in [6, 6.07) is 12.1. The number of carbonyl (C=O) groups is 1. The van der Waals surface area contributed by atoms with Gasteiger partial charge in [-0.1, -0.05) is 30.3 Å². The Kier molecular flexibility index (Phi) is 6.38. The number of aryl methyl sites for hydroxylation is 1. The van der Waals surface area contributed by atoms with E-state index in [4.69, 9.17) is 14.9 Å². The third-order valence-electron chi connectivity index (χ3n) is 3.76. The number of hydrogen-bond donors (Lipinski definition) is 1. The second-order valence-corrected chi connectivity index (χ2v) is 5.47. The number of nitrogens with two attached hydrogens (primary N) is 1. The van der Waals surface area contributed by atoms with Crippen LogP contribution in [0.4, 0.5) is 0 Å². The molecule has 0 amide bonds. The lowest BCUT2D eigenvalue weighted by Crippen LogP contribution is -2.30. The van der Waals surface area contributed by atoms with Crippen LogP contribution < -0.4 is 5.73 Å². The molecular weight excluding hydrogens is 292 g/mol. The summed E-state index contributed by atoms with van der Waals surface area (Å²) in [6.45, 7) is 4.64. The Labute approximate surface area is 137 Å². The van der Waals surface area contributed by atoms with Crippen molar-refractivity contribution in [3.05, 3.63) is 59.0 Å². The lowest BCUT2D eigenvalue weighted by atomic mass is 10.1. The molecule has 124 valence electrons. The van der Waals surface area contributed by atoms with E-state index in [1.54, 1.807) is 13.0 Å². The van der Waals surface area contributed by atoms with Gasteiger partial charge < -0.3 is 14.9 Å². The first-order valence-corrected chi connectivity index (χ1v) is 7.78. The molecule has 0 atom stereocenters. The molecule has 0 aliphatic carbocycles. The fraction of sp³-hybridized carbons (Fsp3) is 0.389. The molecule has 2 aromatic rings. The van der Waals surface area contributed by atoms with Crippen molar-refractivity contribution < 1.29 is 13.9 Å². The fourth-order valence-corrected chi connectivity index (χ4v) is 2.54. The number of ether oxygens (including phenoxy) is 1. The van der Waals surface area contributed by atoms with E-state index >= 15 is 0 Å². The molecule has 1 heterocycles. The average Bonchev–Trinajstić information content (AvgIpc) is 2.93. The molecule has 23 heavy (non-hydrogen) atoms. The fourth-order valence-electron chi connectivity index (χ4n) is 2.54. The summed E-state index contributed by atoms with van der Waals surface area (Å²) >= 11 is 0. The number of furan rings is 1. The molecule has 0 unspecified atom stereocenters. The largest absolute Gasteiger partial charge is 0.465 e. The van der Waals surface area contributed by atoms with Gasteiger partial charge in [0.1, 0.15) is 17.1 Å². The Hall–Kier alpha value is -2.11. The maximum atomic E-state index is 11.7. The molecule has 0 saturated carbocycles. The lowest BCUT2D eigenvalue weighted by molar-refractivity contribution is 0.0599. The number of hydrogen-bond acceptors (Lipinski definition) is 5. The van der Waals surface area contributed by atoms with Crippen molar-refractivity contribution >= 4 is 5.97 Å². The number of nitrogens with zero attached hydrogens (tertiary/aromatic N) is 1. The van der Waals surface area contributed by atoms with E-state index in [-0.39, 0.29) is 5.97 Å². The minimum atomic E-state index is -0.368. The molecule has 0 aliphatic heterocycles. The van der Waals surface area contributed by atoms with Crippen LogP contribution in [0.25, 0.3) is 0 Å². The van der Waals surface area contributed by atoms with Gasteiger partial charge >= 0.3 is 5.97 Å². The van der Waals surface area contributed by atoms with Crippen LogP contribution in [0.15, 0.2) is 40.8 Å². The number of carbonyl (C=O) groups excluding carboxylic acids is 1. The van der Waals surface area contributed by atoms with Crippen LogP contribution in [-0.4, -0.2) is 37.6 Å². The zero-order valence-corrected chi connectivity index (χ0v) is 13.7. The van der Waals surface area contributed by atoms with Crippen LogP contribution in [0, 0.1) is 6.92 Å². The minimum absolute atomic E-state index is 0.368. The molecule has 0 saturated heterocycles. The standard InChI is InChI=1S/C18H24N2O3/c1-14-17(18(21)22-2)12-16(23-14)13-20(11-9-19)10-8-15-6-4-3-5-7-15/h3-7,12H,8-11,13,19H2,1-2H3. The SMILES string of the molecule is COC(=O)c1cc(CN(CCN)CCc2ccccc2)oc1C. The molecule has 2 rings (SSSR count). The normalized spacial score (nSPS) is 11.0. The van der Waals surface area contributed by atoms with E-state index in [0.29, 0.717) is 24.4 Å². The van der Waals surface area contributed by atoms with Gasteiger partial charge in [-0.05, 0) is 25.0 Å². The average molecular weight is 316 g/mol. The van der Waals surface area contributed by atoms with Crippen LogP contribution in [-0.2, 0) is 17.7 Å². The quantitative estimate of drug-likeness (QED) is 0.757. The molecule has 0 aliphatic rings. The van der Waals surface area contributed by atoms with Crippen LogP contribution in [0.3, 0.4) is 0 Å². The molecule has 0 fully saturated rings. The van der Waals surface area contributed by atoms with Gasteiger partial charge in [0, 0.05) is 19.6 Å². The number of esters is 1. The zero-order valence-electron chi connectivity index (χ0n) is 13.7. The highest BCUT2D eigenvalue weighted by molar-refractivity contribution is 5.90. The van der Waals surface area contributed by atoms with E-state index in [0.717, 1.165) is 25.3 Å². The summed E-state index contributed by atoms with van der Waals surface area (Å²) in [5.41, 5.74) is 7.49. The van der Waals surface area contributed by atoms with Crippen molar-refractivity contribution in [1.29, 1.82) is 0 Å². The third kappa shape index (κ3) is 4.94.